The normalized spacial score (nSPS) is 6.92. The molecule has 0 aromatic heterocycles. The molecule has 0 nitrogen and oxygen atoms in total. The monoisotopic (exact) mass is 204 g/mol. The Labute approximate surface area is 89.7 Å². The van der Waals surface area contributed by atoms with Gasteiger partial charge in [0.2, 0.25) is 0 Å². The first-order valence-electron chi connectivity index (χ1n) is 5.03. The molecule has 0 heterocycles. The Hall–Kier alpha value is -0.230. The smallest absolute Gasteiger partial charge is 0.00342 e. The molecule has 0 spiro atoms. The lowest BCUT2D eigenvalue weighted by atomic mass is 10.2. The lowest BCUT2D eigenvalue weighted by molar-refractivity contribution is 0.983. The van der Waals surface area contributed by atoms with Crippen molar-refractivity contribution >= 4 is 11.6 Å². The molecule has 13 heavy (non-hydrogen) atoms. The van der Waals surface area contributed by atoms with Crippen LogP contribution < -0.4 is 0 Å². The summed E-state index contributed by atoms with van der Waals surface area (Å²) < 4.78 is 0. The van der Waals surface area contributed by atoms with Crippen molar-refractivity contribution in [2.24, 2.45) is 0 Å². The van der Waals surface area contributed by atoms with Crippen molar-refractivity contribution in [2.45, 2.75) is 53.9 Å². The second-order valence-corrected chi connectivity index (χ2v) is 2.81. The van der Waals surface area contributed by atoms with E-state index in [1.807, 2.05) is 6.92 Å². The summed E-state index contributed by atoms with van der Waals surface area (Å²) in [5.41, 5.74) is 2.99. The molecule has 0 rings (SSSR count). The van der Waals surface area contributed by atoms with Gasteiger partial charge in [0.25, 0.3) is 0 Å². The number of hydrogen-bond acceptors (Lipinski definition) is 0. The molecule has 0 aliphatic heterocycles. The van der Waals surface area contributed by atoms with Gasteiger partial charge in [0.1, 0.15) is 0 Å². The topological polar surface area (TPSA) is 0 Å². The van der Waals surface area contributed by atoms with Crippen LogP contribution in [-0.4, -0.2) is 0 Å². The summed E-state index contributed by atoms with van der Waals surface area (Å²) >= 11 is 5.41. The standard InChI is InChI=1S/C6H11Cl.C3H8.C3H6/c1-3-6(4-2)5-7;2*1-3-2/h5H,3-4H2,1-2H3;3H2,1-2H3;3H,1H2,2H3. The first kappa shape index (κ1) is 18.5. The number of halogens is 1. The van der Waals surface area contributed by atoms with Crippen LogP contribution in [0.1, 0.15) is 53.9 Å². The quantitative estimate of drug-likeness (QED) is 0.519. The van der Waals surface area contributed by atoms with Crippen LogP contribution in [0.2, 0.25) is 0 Å². The third-order valence-corrected chi connectivity index (χ3v) is 1.37. The summed E-state index contributed by atoms with van der Waals surface area (Å²) in [4.78, 5) is 0. The SMILES string of the molecule is C=CC.CCC.CCC(=CCl)CC. The van der Waals surface area contributed by atoms with Gasteiger partial charge < -0.3 is 0 Å². The minimum Gasteiger partial charge on any atom is -0.103 e. The predicted octanol–water partition coefficient (Wildman–Crippen LogP) is 5.54. The number of hydrogen-bond donors (Lipinski definition) is 0. The average Bonchev–Trinajstić information content (AvgIpc) is 2.10. The lowest BCUT2D eigenvalue weighted by Crippen LogP contribution is -1.71. The summed E-state index contributed by atoms with van der Waals surface area (Å²) in [6, 6.07) is 0. The molecule has 0 aromatic rings. The highest BCUT2D eigenvalue weighted by molar-refractivity contribution is 6.25. The first-order valence-corrected chi connectivity index (χ1v) is 5.46. The van der Waals surface area contributed by atoms with Gasteiger partial charge in [-0.25, -0.2) is 0 Å². The van der Waals surface area contributed by atoms with Crippen LogP contribution in [0.15, 0.2) is 23.8 Å². The van der Waals surface area contributed by atoms with E-state index in [4.69, 9.17) is 11.6 Å². The zero-order valence-corrected chi connectivity index (χ0v) is 10.6. The lowest BCUT2D eigenvalue weighted by Gasteiger charge is -1.91. The van der Waals surface area contributed by atoms with E-state index in [1.165, 1.54) is 12.0 Å². The van der Waals surface area contributed by atoms with Crippen LogP contribution >= 0.6 is 11.6 Å². The molecule has 0 fully saturated rings. The molecule has 0 radical (unpaired) electrons. The molecule has 0 aliphatic carbocycles. The van der Waals surface area contributed by atoms with E-state index in [1.54, 1.807) is 11.6 Å². The Kier molecular flexibility index (Phi) is 32.2. The molecule has 0 unspecified atom stereocenters. The fraction of sp³-hybridized carbons (Fsp3) is 0.667. The highest BCUT2D eigenvalue weighted by atomic mass is 35.5. The van der Waals surface area contributed by atoms with Gasteiger partial charge in [-0.1, -0.05) is 57.4 Å². The van der Waals surface area contributed by atoms with E-state index >= 15 is 0 Å². The summed E-state index contributed by atoms with van der Waals surface area (Å²) in [5.74, 6) is 0. The minimum atomic E-state index is 1.08. The second-order valence-electron chi connectivity index (χ2n) is 2.59. The van der Waals surface area contributed by atoms with Gasteiger partial charge in [0.15, 0.2) is 0 Å². The Morgan fingerprint density at radius 2 is 1.38 bits per heavy atom. The summed E-state index contributed by atoms with van der Waals surface area (Å²) in [5, 5.41) is 0. The van der Waals surface area contributed by atoms with Gasteiger partial charge in [0, 0.05) is 5.54 Å². The summed E-state index contributed by atoms with van der Waals surface area (Å²) in [6.45, 7) is 13.7. The highest BCUT2D eigenvalue weighted by Crippen LogP contribution is 2.05. The molecule has 0 saturated heterocycles. The minimum absolute atomic E-state index is 1.08. The highest BCUT2D eigenvalue weighted by Gasteiger charge is 1.83. The number of rotatable bonds is 2. The zero-order chi connectivity index (χ0) is 11.1. The van der Waals surface area contributed by atoms with E-state index in [0.717, 1.165) is 12.8 Å². The Balaban J connectivity index is -0.000000140. The first-order chi connectivity index (χ1) is 6.17. The maximum absolute atomic E-state index is 5.41. The van der Waals surface area contributed by atoms with Crippen molar-refractivity contribution in [1.82, 2.24) is 0 Å². The van der Waals surface area contributed by atoms with Crippen LogP contribution in [0.3, 0.4) is 0 Å². The maximum atomic E-state index is 5.41. The molecule has 0 bridgehead atoms. The largest absolute Gasteiger partial charge is 0.103 e. The van der Waals surface area contributed by atoms with E-state index in [-0.39, 0.29) is 0 Å². The third kappa shape index (κ3) is 33.7. The third-order valence-electron chi connectivity index (χ3n) is 1.06. The molecule has 80 valence electrons. The second kappa shape index (κ2) is 22.6. The van der Waals surface area contributed by atoms with Crippen LogP contribution in [0.5, 0.6) is 0 Å². The zero-order valence-electron chi connectivity index (χ0n) is 9.86. The van der Waals surface area contributed by atoms with Crippen LogP contribution in [0.4, 0.5) is 0 Å². The van der Waals surface area contributed by atoms with E-state index < -0.39 is 0 Å². The number of allylic oxidation sites excluding steroid dienone is 2. The van der Waals surface area contributed by atoms with E-state index in [0.29, 0.717) is 0 Å². The van der Waals surface area contributed by atoms with Gasteiger partial charge in [-0.15, -0.1) is 6.58 Å². The molecule has 0 saturated carbocycles. The fourth-order valence-corrected chi connectivity index (χ4v) is 0.713. The molecule has 1 heteroatoms. The van der Waals surface area contributed by atoms with Crippen molar-refractivity contribution in [3.63, 3.8) is 0 Å². The van der Waals surface area contributed by atoms with Crippen molar-refractivity contribution in [2.75, 3.05) is 0 Å². The molecule has 0 amide bonds. The van der Waals surface area contributed by atoms with Crippen LogP contribution in [0, 0.1) is 0 Å². The van der Waals surface area contributed by atoms with Gasteiger partial charge in [-0.05, 0) is 19.8 Å². The molecule has 0 aromatic carbocycles. The van der Waals surface area contributed by atoms with E-state index in [9.17, 15) is 0 Å². The van der Waals surface area contributed by atoms with Gasteiger partial charge in [-0.3, -0.25) is 0 Å². The van der Waals surface area contributed by atoms with Gasteiger partial charge in [-0.2, -0.15) is 0 Å². The Morgan fingerprint density at radius 1 is 1.15 bits per heavy atom. The van der Waals surface area contributed by atoms with Crippen molar-refractivity contribution in [3.8, 4) is 0 Å². The average molecular weight is 205 g/mol. The van der Waals surface area contributed by atoms with Crippen LogP contribution in [0.25, 0.3) is 0 Å². The van der Waals surface area contributed by atoms with Gasteiger partial charge >= 0.3 is 0 Å². The van der Waals surface area contributed by atoms with E-state index in [2.05, 4.69) is 34.3 Å². The van der Waals surface area contributed by atoms with Crippen molar-refractivity contribution < 1.29 is 0 Å². The Bertz CT molecular complexity index is 97.7. The van der Waals surface area contributed by atoms with Crippen molar-refractivity contribution in [3.05, 3.63) is 23.8 Å². The maximum Gasteiger partial charge on any atom is 0.00342 e. The predicted molar refractivity (Wildman–Crippen MR) is 66.4 cm³/mol. The fourth-order valence-electron chi connectivity index (χ4n) is 0.404. The van der Waals surface area contributed by atoms with Crippen LogP contribution in [-0.2, 0) is 0 Å². The molecule has 0 atom stereocenters. The van der Waals surface area contributed by atoms with Crippen molar-refractivity contribution in [1.29, 1.82) is 0 Å². The summed E-state index contributed by atoms with van der Waals surface area (Å²) in [6.07, 6.45) is 5.17. The molecule has 0 N–H and O–H groups in total. The summed E-state index contributed by atoms with van der Waals surface area (Å²) in [7, 11) is 0. The molecular formula is C12H25Cl. The Morgan fingerprint density at radius 3 is 1.38 bits per heavy atom. The molecule has 0 aliphatic rings. The van der Waals surface area contributed by atoms with Gasteiger partial charge in [0.05, 0.1) is 0 Å². The molecular weight excluding hydrogens is 180 g/mol.